The molecule has 31 heavy (non-hydrogen) atoms. The zero-order valence-corrected chi connectivity index (χ0v) is 18.1. The van der Waals surface area contributed by atoms with Crippen molar-refractivity contribution >= 4 is 21.6 Å². The molecule has 0 radical (unpaired) electrons. The van der Waals surface area contributed by atoms with Gasteiger partial charge in [-0.05, 0) is 42.8 Å². The molecule has 2 N–H and O–H groups in total. The number of carbonyl (C=O) groups excluding carboxylic acids is 1. The van der Waals surface area contributed by atoms with Crippen LogP contribution in [-0.4, -0.2) is 33.0 Å². The molecule has 0 unspecified atom stereocenters. The van der Waals surface area contributed by atoms with E-state index in [9.17, 15) is 23.3 Å². The topological polar surface area (TPSA) is 137 Å². The zero-order valence-electron chi connectivity index (χ0n) is 17.3. The molecule has 10 nitrogen and oxygen atoms in total. The minimum Gasteiger partial charge on any atom is -0.494 e. The first-order valence-corrected chi connectivity index (χ1v) is 11.1. The molecular formula is C20H25N3O7S. The highest BCUT2D eigenvalue weighted by atomic mass is 32.2. The number of rotatable bonds is 12. The molecule has 0 saturated carbocycles. The minimum absolute atomic E-state index is 0.0827. The van der Waals surface area contributed by atoms with Crippen LogP contribution < -0.4 is 19.7 Å². The Hall–Kier alpha value is -3.18. The van der Waals surface area contributed by atoms with Gasteiger partial charge in [-0.3, -0.25) is 20.3 Å². The van der Waals surface area contributed by atoms with Crippen molar-refractivity contribution in [2.45, 2.75) is 37.5 Å². The van der Waals surface area contributed by atoms with Gasteiger partial charge in [-0.1, -0.05) is 26.2 Å². The first-order chi connectivity index (χ1) is 14.8. The average molecular weight is 452 g/mol. The van der Waals surface area contributed by atoms with E-state index in [0.29, 0.717) is 12.4 Å². The van der Waals surface area contributed by atoms with Gasteiger partial charge in [-0.15, -0.1) is 4.83 Å². The van der Waals surface area contributed by atoms with Crippen molar-refractivity contribution < 1.29 is 27.6 Å². The molecule has 0 spiro atoms. The largest absolute Gasteiger partial charge is 0.494 e. The van der Waals surface area contributed by atoms with E-state index in [0.717, 1.165) is 43.9 Å². The molecule has 0 aliphatic carbocycles. The number of nitrogens with one attached hydrogen (secondary N) is 2. The summed E-state index contributed by atoms with van der Waals surface area (Å²) < 4.78 is 35.2. The van der Waals surface area contributed by atoms with Gasteiger partial charge in [-0.25, -0.2) is 8.42 Å². The Morgan fingerprint density at radius 2 is 1.81 bits per heavy atom. The van der Waals surface area contributed by atoms with E-state index in [1.807, 2.05) is 4.83 Å². The second-order valence-electron chi connectivity index (χ2n) is 6.58. The van der Waals surface area contributed by atoms with Gasteiger partial charge in [0.15, 0.2) is 5.75 Å². The highest BCUT2D eigenvalue weighted by Gasteiger charge is 2.22. The number of ether oxygens (including phenoxy) is 2. The van der Waals surface area contributed by atoms with Gasteiger partial charge < -0.3 is 9.47 Å². The molecule has 0 aliphatic heterocycles. The van der Waals surface area contributed by atoms with Crippen LogP contribution in [0.3, 0.4) is 0 Å². The summed E-state index contributed by atoms with van der Waals surface area (Å²) in [4.78, 5) is 24.1. The maximum Gasteiger partial charge on any atom is 0.312 e. The number of amides is 1. The number of hydrazine groups is 1. The number of nitro benzene ring substituents is 1. The Morgan fingerprint density at radius 1 is 1.10 bits per heavy atom. The predicted molar refractivity (Wildman–Crippen MR) is 114 cm³/mol. The standard InChI is InChI=1S/C20H25N3O7S/c1-3-4-5-6-13-30-16-9-7-15(8-10-16)20(24)21-22-31(27,28)17-11-12-19(29-2)18(14-17)23(25)26/h7-12,14,22H,3-6,13H2,1-2H3,(H,21,24). The fourth-order valence-electron chi connectivity index (χ4n) is 2.65. The summed E-state index contributed by atoms with van der Waals surface area (Å²) in [6.07, 6.45) is 4.33. The van der Waals surface area contributed by atoms with Crippen molar-refractivity contribution in [3.8, 4) is 11.5 Å². The molecular weight excluding hydrogens is 426 g/mol. The van der Waals surface area contributed by atoms with E-state index in [1.54, 1.807) is 12.1 Å². The number of nitro groups is 1. The third-order valence-corrected chi connectivity index (χ3v) is 5.58. The maximum absolute atomic E-state index is 12.4. The quantitative estimate of drug-likeness (QED) is 0.287. The lowest BCUT2D eigenvalue weighted by molar-refractivity contribution is -0.386. The van der Waals surface area contributed by atoms with Crippen molar-refractivity contribution in [1.82, 2.24) is 10.3 Å². The average Bonchev–Trinajstić information content (AvgIpc) is 2.77. The summed E-state index contributed by atoms with van der Waals surface area (Å²) in [5.41, 5.74) is 1.78. The molecule has 0 aliphatic rings. The highest BCUT2D eigenvalue weighted by Crippen LogP contribution is 2.29. The van der Waals surface area contributed by atoms with E-state index in [2.05, 4.69) is 12.3 Å². The number of unbranched alkanes of at least 4 members (excludes halogenated alkanes) is 3. The van der Waals surface area contributed by atoms with Gasteiger partial charge in [0.05, 0.1) is 23.5 Å². The summed E-state index contributed by atoms with van der Waals surface area (Å²) >= 11 is 0. The number of methoxy groups -OCH3 is 1. The normalized spacial score (nSPS) is 11.0. The van der Waals surface area contributed by atoms with E-state index in [4.69, 9.17) is 9.47 Å². The van der Waals surface area contributed by atoms with E-state index >= 15 is 0 Å². The van der Waals surface area contributed by atoms with E-state index < -0.39 is 31.4 Å². The SMILES string of the molecule is CCCCCCOc1ccc(C(=O)NNS(=O)(=O)c2ccc(OC)c([N+](=O)[O-])c2)cc1. The molecule has 2 rings (SSSR count). The molecule has 0 bridgehead atoms. The fraction of sp³-hybridized carbons (Fsp3) is 0.350. The Balaban J connectivity index is 1.97. The Labute approximate surface area is 180 Å². The second kappa shape index (κ2) is 11.3. The summed E-state index contributed by atoms with van der Waals surface area (Å²) in [7, 11) is -3.01. The van der Waals surface area contributed by atoms with Crippen LogP contribution in [0.5, 0.6) is 11.5 Å². The smallest absolute Gasteiger partial charge is 0.312 e. The molecule has 0 atom stereocenters. The molecule has 2 aromatic carbocycles. The van der Waals surface area contributed by atoms with Gasteiger partial charge >= 0.3 is 5.69 Å². The Bertz CT molecular complexity index is 1010. The van der Waals surface area contributed by atoms with Crippen molar-refractivity contribution in [1.29, 1.82) is 0 Å². The summed E-state index contributed by atoms with van der Waals surface area (Å²) in [6, 6.07) is 9.39. The van der Waals surface area contributed by atoms with Crippen LogP contribution in [0.2, 0.25) is 0 Å². The number of hydrogen-bond acceptors (Lipinski definition) is 7. The van der Waals surface area contributed by atoms with Crippen LogP contribution in [0.1, 0.15) is 43.0 Å². The summed E-state index contributed by atoms with van der Waals surface area (Å²) in [5.74, 6) is -0.166. The third-order valence-electron chi connectivity index (χ3n) is 4.34. The van der Waals surface area contributed by atoms with Crippen LogP contribution >= 0.6 is 0 Å². The van der Waals surface area contributed by atoms with Gasteiger partial charge in [-0.2, -0.15) is 0 Å². The van der Waals surface area contributed by atoms with Gasteiger partial charge in [0, 0.05) is 11.6 Å². The summed E-state index contributed by atoms with van der Waals surface area (Å²) in [6.45, 7) is 2.71. The number of sulfonamides is 1. The number of benzene rings is 2. The number of nitrogens with zero attached hydrogens (tertiary/aromatic N) is 1. The highest BCUT2D eigenvalue weighted by molar-refractivity contribution is 7.89. The Kier molecular flexibility index (Phi) is 8.76. The van der Waals surface area contributed by atoms with Gasteiger partial charge in [0.1, 0.15) is 5.75 Å². The van der Waals surface area contributed by atoms with Crippen molar-refractivity contribution in [2.75, 3.05) is 13.7 Å². The Morgan fingerprint density at radius 3 is 2.42 bits per heavy atom. The first kappa shape index (κ1) is 24.1. The van der Waals surface area contributed by atoms with Crippen LogP contribution in [-0.2, 0) is 10.0 Å². The zero-order chi connectivity index (χ0) is 22.9. The van der Waals surface area contributed by atoms with Crippen molar-refractivity contribution in [3.05, 3.63) is 58.1 Å². The molecule has 0 saturated heterocycles. The lowest BCUT2D eigenvalue weighted by Crippen LogP contribution is -2.41. The molecule has 0 fully saturated rings. The molecule has 11 heteroatoms. The van der Waals surface area contributed by atoms with Crippen LogP contribution in [0.15, 0.2) is 47.4 Å². The van der Waals surface area contributed by atoms with Gasteiger partial charge in [0.2, 0.25) is 0 Å². The van der Waals surface area contributed by atoms with Crippen molar-refractivity contribution in [3.63, 3.8) is 0 Å². The number of hydrogen-bond donors (Lipinski definition) is 2. The fourth-order valence-corrected chi connectivity index (χ4v) is 3.50. The van der Waals surface area contributed by atoms with Crippen molar-refractivity contribution in [2.24, 2.45) is 0 Å². The minimum atomic E-state index is -4.24. The molecule has 0 heterocycles. The van der Waals surface area contributed by atoms with Crippen LogP contribution in [0.25, 0.3) is 0 Å². The number of carbonyl (C=O) groups is 1. The molecule has 1 amide bonds. The van der Waals surface area contributed by atoms with Gasteiger partial charge in [0.25, 0.3) is 15.9 Å². The lowest BCUT2D eigenvalue weighted by atomic mass is 10.2. The third kappa shape index (κ3) is 6.93. The van der Waals surface area contributed by atoms with Crippen LogP contribution in [0.4, 0.5) is 5.69 Å². The first-order valence-electron chi connectivity index (χ1n) is 9.66. The maximum atomic E-state index is 12.4. The second-order valence-corrected chi connectivity index (χ2v) is 8.27. The van der Waals surface area contributed by atoms with E-state index in [1.165, 1.54) is 19.2 Å². The van der Waals surface area contributed by atoms with Crippen LogP contribution in [0, 0.1) is 10.1 Å². The summed E-state index contributed by atoms with van der Waals surface area (Å²) in [5, 5.41) is 11.1. The van der Waals surface area contributed by atoms with E-state index in [-0.39, 0.29) is 11.3 Å². The lowest BCUT2D eigenvalue weighted by Gasteiger charge is -2.10. The predicted octanol–water partition coefficient (Wildman–Crippen LogP) is 3.19. The monoisotopic (exact) mass is 451 g/mol. The molecule has 168 valence electrons. The molecule has 0 aromatic heterocycles. The molecule has 2 aromatic rings.